The van der Waals surface area contributed by atoms with Crippen molar-refractivity contribution in [3.8, 4) is 0 Å². The molecule has 2 N–H and O–H groups in total. The molecule has 6 heteroatoms. The van der Waals surface area contributed by atoms with Gasteiger partial charge < -0.3 is 10.4 Å². The van der Waals surface area contributed by atoms with Gasteiger partial charge in [0.05, 0.1) is 11.8 Å². The Morgan fingerprint density at radius 1 is 1.59 bits per heavy atom. The van der Waals surface area contributed by atoms with Crippen LogP contribution in [-0.2, 0) is 23.1 Å². The second kappa shape index (κ2) is 4.57. The SMILES string of the molecule is Cn1nccc1CCNC(=O)[C@@H]1C[C@@H]1C(=O)O. The van der Waals surface area contributed by atoms with Crippen molar-refractivity contribution < 1.29 is 14.7 Å². The van der Waals surface area contributed by atoms with Crippen LogP contribution >= 0.6 is 0 Å². The van der Waals surface area contributed by atoms with E-state index in [0.717, 1.165) is 5.69 Å². The highest BCUT2D eigenvalue weighted by Crippen LogP contribution is 2.38. The molecule has 17 heavy (non-hydrogen) atoms. The number of hydrogen-bond acceptors (Lipinski definition) is 3. The van der Waals surface area contributed by atoms with E-state index in [-0.39, 0.29) is 11.8 Å². The van der Waals surface area contributed by atoms with Crippen LogP contribution in [-0.4, -0.2) is 33.3 Å². The van der Waals surface area contributed by atoms with Crippen LogP contribution in [0.4, 0.5) is 0 Å². The molecule has 1 amide bonds. The lowest BCUT2D eigenvalue weighted by molar-refractivity contribution is -0.140. The summed E-state index contributed by atoms with van der Waals surface area (Å²) in [6, 6.07) is 1.89. The minimum atomic E-state index is -0.878. The van der Waals surface area contributed by atoms with E-state index in [0.29, 0.717) is 19.4 Å². The molecule has 0 radical (unpaired) electrons. The maximum absolute atomic E-state index is 11.5. The van der Waals surface area contributed by atoms with Crippen LogP contribution in [0, 0.1) is 11.8 Å². The molecule has 2 rings (SSSR count). The first-order valence-electron chi connectivity index (χ1n) is 5.57. The lowest BCUT2D eigenvalue weighted by Gasteiger charge is -2.04. The molecule has 2 atom stereocenters. The number of aryl methyl sites for hydroxylation is 1. The van der Waals surface area contributed by atoms with Crippen LogP contribution in [0.5, 0.6) is 0 Å². The number of hydrogen-bond donors (Lipinski definition) is 2. The summed E-state index contributed by atoms with van der Waals surface area (Å²) in [5.41, 5.74) is 1.04. The summed E-state index contributed by atoms with van der Waals surface area (Å²) < 4.78 is 1.75. The summed E-state index contributed by atoms with van der Waals surface area (Å²) in [5.74, 6) is -1.85. The molecule has 92 valence electrons. The van der Waals surface area contributed by atoms with Crippen LogP contribution in [0.3, 0.4) is 0 Å². The largest absolute Gasteiger partial charge is 0.481 e. The summed E-state index contributed by atoms with van der Waals surface area (Å²) in [6.07, 6.45) is 2.87. The van der Waals surface area contributed by atoms with Crippen LogP contribution in [0.25, 0.3) is 0 Å². The lowest BCUT2D eigenvalue weighted by atomic mass is 10.2. The number of aromatic nitrogens is 2. The number of amides is 1. The molecule has 0 saturated heterocycles. The molecule has 0 unspecified atom stereocenters. The maximum atomic E-state index is 11.5. The van der Waals surface area contributed by atoms with E-state index < -0.39 is 11.9 Å². The molecule has 0 aliphatic heterocycles. The van der Waals surface area contributed by atoms with Gasteiger partial charge in [0.15, 0.2) is 0 Å². The van der Waals surface area contributed by atoms with Crippen molar-refractivity contribution in [2.75, 3.05) is 6.54 Å². The summed E-state index contributed by atoms with van der Waals surface area (Å²) in [5, 5.41) is 15.5. The number of nitrogens with one attached hydrogen (secondary N) is 1. The topological polar surface area (TPSA) is 84.2 Å². The van der Waals surface area contributed by atoms with Crippen molar-refractivity contribution in [2.45, 2.75) is 12.8 Å². The average molecular weight is 237 g/mol. The first-order chi connectivity index (χ1) is 8.09. The van der Waals surface area contributed by atoms with Gasteiger partial charge in [-0.1, -0.05) is 0 Å². The number of carbonyl (C=O) groups is 2. The molecule has 1 aromatic rings. The summed E-state index contributed by atoms with van der Waals surface area (Å²) in [7, 11) is 1.85. The van der Waals surface area contributed by atoms with Crippen molar-refractivity contribution in [1.29, 1.82) is 0 Å². The van der Waals surface area contributed by atoms with Gasteiger partial charge in [-0.15, -0.1) is 0 Å². The van der Waals surface area contributed by atoms with E-state index in [9.17, 15) is 9.59 Å². The van der Waals surface area contributed by atoms with E-state index in [1.54, 1.807) is 10.9 Å². The smallest absolute Gasteiger partial charge is 0.307 e. The first kappa shape index (κ1) is 11.6. The van der Waals surface area contributed by atoms with Crippen molar-refractivity contribution in [3.05, 3.63) is 18.0 Å². The van der Waals surface area contributed by atoms with E-state index in [2.05, 4.69) is 10.4 Å². The zero-order valence-electron chi connectivity index (χ0n) is 9.59. The Morgan fingerprint density at radius 3 is 2.88 bits per heavy atom. The molecule has 1 aliphatic carbocycles. The van der Waals surface area contributed by atoms with E-state index in [4.69, 9.17) is 5.11 Å². The number of carboxylic acid groups (broad SMARTS) is 1. The van der Waals surface area contributed by atoms with Gasteiger partial charge in [0.25, 0.3) is 0 Å². The Hall–Kier alpha value is -1.85. The van der Waals surface area contributed by atoms with E-state index >= 15 is 0 Å². The zero-order chi connectivity index (χ0) is 12.4. The van der Waals surface area contributed by atoms with Crippen LogP contribution in [0.1, 0.15) is 12.1 Å². The third kappa shape index (κ3) is 2.64. The van der Waals surface area contributed by atoms with Crippen molar-refractivity contribution in [2.24, 2.45) is 18.9 Å². The number of carbonyl (C=O) groups excluding carboxylic acids is 1. The average Bonchev–Trinajstić information content (AvgIpc) is 2.99. The highest BCUT2D eigenvalue weighted by molar-refractivity contribution is 5.89. The quantitative estimate of drug-likeness (QED) is 0.742. The second-order valence-electron chi connectivity index (χ2n) is 4.27. The van der Waals surface area contributed by atoms with Gasteiger partial charge in [0.1, 0.15) is 0 Å². The van der Waals surface area contributed by atoms with Gasteiger partial charge in [-0.2, -0.15) is 5.10 Å². The molecule has 0 bridgehead atoms. The molecule has 6 nitrogen and oxygen atoms in total. The first-order valence-corrected chi connectivity index (χ1v) is 5.57. The van der Waals surface area contributed by atoms with Gasteiger partial charge in [0, 0.05) is 31.9 Å². The number of aliphatic carboxylic acids is 1. The fourth-order valence-electron chi connectivity index (χ4n) is 1.85. The number of carboxylic acids is 1. The number of rotatable bonds is 5. The highest BCUT2D eigenvalue weighted by Gasteiger charge is 2.48. The van der Waals surface area contributed by atoms with Gasteiger partial charge >= 0.3 is 5.97 Å². The Kier molecular flexibility index (Phi) is 3.12. The minimum absolute atomic E-state index is 0.153. The molecular formula is C11H15N3O3. The van der Waals surface area contributed by atoms with E-state index in [1.165, 1.54) is 0 Å². The maximum Gasteiger partial charge on any atom is 0.307 e. The molecule has 1 fully saturated rings. The fraction of sp³-hybridized carbons (Fsp3) is 0.545. The minimum Gasteiger partial charge on any atom is -0.481 e. The molecule has 1 heterocycles. The normalized spacial score (nSPS) is 22.2. The predicted molar refractivity (Wildman–Crippen MR) is 59.2 cm³/mol. The molecule has 1 aromatic heterocycles. The fourth-order valence-corrected chi connectivity index (χ4v) is 1.85. The van der Waals surface area contributed by atoms with Gasteiger partial charge in [0.2, 0.25) is 5.91 Å². The van der Waals surface area contributed by atoms with E-state index in [1.807, 2.05) is 13.1 Å². The van der Waals surface area contributed by atoms with Crippen molar-refractivity contribution in [3.63, 3.8) is 0 Å². The lowest BCUT2D eigenvalue weighted by Crippen LogP contribution is -2.28. The Morgan fingerprint density at radius 2 is 2.35 bits per heavy atom. The third-order valence-electron chi connectivity index (χ3n) is 3.05. The van der Waals surface area contributed by atoms with Gasteiger partial charge in [-0.25, -0.2) is 0 Å². The Balaban J connectivity index is 1.71. The standard InChI is InChI=1S/C11H15N3O3/c1-14-7(3-5-13-14)2-4-12-10(15)8-6-9(8)11(16)17/h3,5,8-9H,2,4,6H2,1H3,(H,12,15)(H,16,17)/t8-,9+/m1/s1. The van der Waals surface area contributed by atoms with Gasteiger partial charge in [-0.05, 0) is 12.5 Å². The third-order valence-corrected chi connectivity index (χ3v) is 3.05. The summed E-state index contributed by atoms with van der Waals surface area (Å²) >= 11 is 0. The van der Waals surface area contributed by atoms with Crippen LogP contribution in [0.2, 0.25) is 0 Å². The van der Waals surface area contributed by atoms with Gasteiger partial charge in [-0.3, -0.25) is 14.3 Å². The molecule has 1 saturated carbocycles. The van der Waals surface area contributed by atoms with Crippen molar-refractivity contribution in [1.82, 2.24) is 15.1 Å². The highest BCUT2D eigenvalue weighted by atomic mass is 16.4. The predicted octanol–water partition coefficient (Wildman–Crippen LogP) is -0.200. The van der Waals surface area contributed by atoms with Crippen LogP contribution < -0.4 is 5.32 Å². The van der Waals surface area contributed by atoms with Crippen LogP contribution in [0.15, 0.2) is 12.3 Å². The molecule has 1 aliphatic rings. The zero-order valence-corrected chi connectivity index (χ0v) is 9.59. The second-order valence-corrected chi connectivity index (χ2v) is 4.27. The summed E-state index contributed by atoms with van der Waals surface area (Å²) in [4.78, 5) is 22.1. The molecular weight excluding hydrogens is 222 g/mol. The Labute approximate surface area is 98.6 Å². The monoisotopic (exact) mass is 237 g/mol. The van der Waals surface area contributed by atoms with Crippen molar-refractivity contribution >= 4 is 11.9 Å². The molecule has 0 aromatic carbocycles. The molecule has 0 spiro atoms. The number of nitrogens with zero attached hydrogens (tertiary/aromatic N) is 2. The Bertz CT molecular complexity index is 441. The summed E-state index contributed by atoms with van der Waals surface area (Å²) in [6.45, 7) is 0.515.